The second kappa shape index (κ2) is 10.8. The fourth-order valence-corrected chi connectivity index (χ4v) is 1.59. The largest absolute Gasteiger partial charge is 0.492 e. The maximum atomic E-state index is 5.68. The molecule has 0 amide bonds. The molecule has 1 aromatic carbocycles. The van der Waals surface area contributed by atoms with E-state index in [1.54, 1.807) is 0 Å². The van der Waals surface area contributed by atoms with Gasteiger partial charge in [0.2, 0.25) is 0 Å². The minimum Gasteiger partial charge on any atom is -0.492 e. The number of nitrogens with zero attached hydrogens (tertiary/aromatic N) is 1. The summed E-state index contributed by atoms with van der Waals surface area (Å²) in [6.07, 6.45) is 1.00. The average molecular weight is 391 g/mol. The van der Waals surface area contributed by atoms with E-state index in [2.05, 4.69) is 43.2 Å². The highest BCUT2D eigenvalue weighted by Gasteiger charge is 1.99. The molecule has 0 radical (unpaired) electrons. The van der Waals surface area contributed by atoms with Crippen LogP contribution in [0.15, 0.2) is 29.3 Å². The lowest BCUT2D eigenvalue weighted by Crippen LogP contribution is -2.34. The molecule has 0 aliphatic carbocycles. The number of nitrogens with one attached hydrogen (secondary N) is 1. The fraction of sp³-hybridized carbons (Fsp3) is 0.533. The third-order valence-corrected chi connectivity index (χ3v) is 2.73. The summed E-state index contributed by atoms with van der Waals surface area (Å²) in [4.78, 5) is 4.15. The summed E-state index contributed by atoms with van der Waals surface area (Å²) < 4.78 is 5.62. The molecule has 0 heterocycles. The second-order valence-corrected chi connectivity index (χ2v) is 4.77. The monoisotopic (exact) mass is 391 g/mol. The molecule has 0 fully saturated rings. The highest BCUT2D eigenvalue weighted by atomic mass is 127. The van der Waals surface area contributed by atoms with E-state index in [1.807, 2.05) is 12.1 Å². The van der Waals surface area contributed by atoms with Gasteiger partial charge in [-0.3, -0.25) is 4.99 Å². The van der Waals surface area contributed by atoms with Crippen molar-refractivity contribution in [3.05, 3.63) is 29.8 Å². The Morgan fingerprint density at radius 2 is 1.95 bits per heavy atom. The number of ether oxygens (including phenoxy) is 1. The van der Waals surface area contributed by atoms with Crippen molar-refractivity contribution in [3.63, 3.8) is 0 Å². The maximum absolute atomic E-state index is 5.68. The van der Waals surface area contributed by atoms with E-state index in [0.717, 1.165) is 18.7 Å². The number of aliphatic imine (C=N–C) groups is 1. The average Bonchev–Trinajstić information content (AvgIpc) is 2.41. The zero-order valence-electron chi connectivity index (χ0n) is 12.6. The molecule has 0 aliphatic rings. The number of hydrogen-bond donors (Lipinski definition) is 2. The Bertz CT molecular complexity index is 391. The number of guanidine groups is 1. The van der Waals surface area contributed by atoms with Crippen molar-refractivity contribution in [2.75, 3.05) is 19.7 Å². The van der Waals surface area contributed by atoms with Crippen molar-refractivity contribution < 1.29 is 4.74 Å². The van der Waals surface area contributed by atoms with Crippen molar-refractivity contribution >= 4 is 29.9 Å². The zero-order chi connectivity index (χ0) is 14.1. The molecule has 3 N–H and O–H groups in total. The van der Waals surface area contributed by atoms with Gasteiger partial charge < -0.3 is 15.8 Å². The van der Waals surface area contributed by atoms with Crippen LogP contribution in [0.2, 0.25) is 0 Å². The lowest BCUT2D eigenvalue weighted by atomic mass is 10.0. The van der Waals surface area contributed by atoms with Gasteiger partial charge in [0.05, 0.1) is 6.54 Å². The molecule has 0 saturated heterocycles. The number of nitrogens with two attached hydrogens (primary N) is 1. The molecule has 0 atom stereocenters. The summed E-state index contributed by atoms with van der Waals surface area (Å²) in [5, 5.41) is 3.02. The lowest BCUT2D eigenvalue weighted by molar-refractivity contribution is 0.322. The van der Waals surface area contributed by atoms with E-state index in [0.29, 0.717) is 25.0 Å². The van der Waals surface area contributed by atoms with E-state index in [-0.39, 0.29) is 24.0 Å². The molecule has 1 aromatic rings. The Hall–Kier alpha value is -0.980. The molecule has 20 heavy (non-hydrogen) atoms. The van der Waals surface area contributed by atoms with Crippen LogP contribution in [0.1, 0.15) is 38.7 Å². The van der Waals surface area contributed by atoms with Crippen LogP contribution in [0.5, 0.6) is 5.75 Å². The number of rotatable bonds is 7. The summed E-state index contributed by atoms with van der Waals surface area (Å²) in [5.41, 5.74) is 7.00. The van der Waals surface area contributed by atoms with Gasteiger partial charge in [-0.1, -0.05) is 32.9 Å². The lowest BCUT2D eigenvalue weighted by Gasteiger charge is -2.10. The molecule has 1 rings (SSSR count). The fourth-order valence-electron chi connectivity index (χ4n) is 1.59. The van der Waals surface area contributed by atoms with Gasteiger partial charge in [0.25, 0.3) is 0 Å². The first-order valence-corrected chi connectivity index (χ1v) is 6.90. The Morgan fingerprint density at radius 1 is 1.30 bits per heavy atom. The molecule has 0 bridgehead atoms. The van der Waals surface area contributed by atoms with Crippen LogP contribution >= 0.6 is 24.0 Å². The second-order valence-electron chi connectivity index (χ2n) is 4.77. The van der Waals surface area contributed by atoms with Crippen LogP contribution in [0, 0.1) is 0 Å². The summed E-state index contributed by atoms with van der Waals surface area (Å²) in [5.74, 6) is 1.92. The predicted molar refractivity (Wildman–Crippen MR) is 96.2 cm³/mol. The molecular weight excluding hydrogens is 365 g/mol. The van der Waals surface area contributed by atoms with E-state index in [9.17, 15) is 0 Å². The molecule has 0 unspecified atom stereocenters. The van der Waals surface area contributed by atoms with E-state index in [1.165, 1.54) is 5.56 Å². The molecule has 0 saturated carbocycles. The molecule has 0 aliphatic heterocycles. The first-order valence-electron chi connectivity index (χ1n) is 6.90. The molecular formula is C15H26IN3O. The molecule has 114 valence electrons. The summed E-state index contributed by atoms with van der Waals surface area (Å²) in [6.45, 7) is 8.42. The maximum Gasteiger partial charge on any atom is 0.188 e. The van der Waals surface area contributed by atoms with Crippen LogP contribution in [-0.2, 0) is 0 Å². The highest BCUT2D eigenvalue weighted by molar-refractivity contribution is 14.0. The first kappa shape index (κ1) is 19.0. The third kappa shape index (κ3) is 7.57. The van der Waals surface area contributed by atoms with Gasteiger partial charge in [-0.05, 0) is 30.0 Å². The molecule has 0 aromatic heterocycles. The summed E-state index contributed by atoms with van der Waals surface area (Å²) in [7, 11) is 0. The van der Waals surface area contributed by atoms with Crippen molar-refractivity contribution in [3.8, 4) is 5.75 Å². The minimum absolute atomic E-state index is 0. The Morgan fingerprint density at radius 3 is 2.50 bits per heavy atom. The molecule has 0 spiro atoms. The summed E-state index contributed by atoms with van der Waals surface area (Å²) >= 11 is 0. The summed E-state index contributed by atoms with van der Waals surface area (Å²) in [6, 6.07) is 8.21. The number of benzene rings is 1. The smallest absolute Gasteiger partial charge is 0.188 e. The van der Waals surface area contributed by atoms with Crippen LogP contribution < -0.4 is 15.8 Å². The predicted octanol–water partition coefficient (Wildman–Crippen LogP) is 3.12. The van der Waals surface area contributed by atoms with Gasteiger partial charge >= 0.3 is 0 Å². The van der Waals surface area contributed by atoms with Crippen molar-refractivity contribution in [2.24, 2.45) is 10.7 Å². The Kier molecular flexibility index (Phi) is 10.2. The van der Waals surface area contributed by atoms with Crippen molar-refractivity contribution in [2.45, 2.75) is 33.1 Å². The van der Waals surface area contributed by atoms with E-state index in [4.69, 9.17) is 10.5 Å². The zero-order valence-corrected chi connectivity index (χ0v) is 14.9. The van der Waals surface area contributed by atoms with Crippen LogP contribution in [0.3, 0.4) is 0 Å². The quantitative estimate of drug-likeness (QED) is 0.325. The Balaban J connectivity index is 0.00000361. The van der Waals surface area contributed by atoms with E-state index >= 15 is 0 Å². The van der Waals surface area contributed by atoms with Crippen molar-refractivity contribution in [1.82, 2.24) is 5.32 Å². The Labute approximate surface area is 139 Å². The van der Waals surface area contributed by atoms with Crippen LogP contribution in [0.4, 0.5) is 0 Å². The van der Waals surface area contributed by atoms with Crippen LogP contribution in [0.25, 0.3) is 0 Å². The van der Waals surface area contributed by atoms with Gasteiger partial charge in [0.15, 0.2) is 5.96 Å². The standard InChI is InChI=1S/C15H25N3O.HI/c1-4-9-17-15(16)18-10-11-19-14-7-5-13(6-8-14)12(2)3;/h5-8,12H,4,9-11H2,1-3H3,(H3,16,17,18);1H. The van der Waals surface area contributed by atoms with Crippen LogP contribution in [-0.4, -0.2) is 25.7 Å². The number of halogens is 1. The van der Waals surface area contributed by atoms with Gasteiger partial charge in [0.1, 0.15) is 12.4 Å². The van der Waals surface area contributed by atoms with Gasteiger partial charge in [-0.2, -0.15) is 0 Å². The van der Waals surface area contributed by atoms with E-state index < -0.39 is 0 Å². The third-order valence-electron chi connectivity index (χ3n) is 2.73. The topological polar surface area (TPSA) is 59.6 Å². The molecule has 4 nitrogen and oxygen atoms in total. The molecule has 5 heteroatoms. The van der Waals surface area contributed by atoms with Gasteiger partial charge in [-0.15, -0.1) is 24.0 Å². The highest BCUT2D eigenvalue weighted by Crippen LogP contribution is 2.18. The van der Waals surface area contributed by atoms with Gasteiger partial charge in [-0.25, -0.2) is 0 Å². The van der Waals surface area contributed by atoms with Crippen molar-refractivity contribution in [1.29, 1.82) is 0 Å². The number of hydrogen-bond acceptors (Lipinski definition) is 2. The first-order chi connectivity index (χ1) is 9.13. The van der Waals surface area contributed by atoms with Gasteiger partial charge in [0, 0.05) is 6.54 Å². The normalized spacial score (nSPS) is 11.1. The SMILES string of the molecule is CCCN=C(N)NCCOc1ccc(C(C)C)cc1.I. The minimum atomic E-state index is 0.